The monoisotopic (exact) mass is 371 g/mol. The summed E-state index contributed by atoms with van der Waals surface area (Å²) in [5.41, 5.74) is 1.05. The molecule has 1 aliphatic heterocycles. The molecule has 19 heavy (non-hydrogen) atoms. The molecule has 0 aromatic heterocycles. The van der Waals surface area contributed by atoms with E-state index >= 15 is 0 Å². The standard InChI is InChI=1S/C14H12IO4/c1-6-13(18)11-4-9(7(2)16)10(8(3)17)5-12(11)14(19)15-6/h4-6H,1-3H3/q-1/t6-/m1/s1. The number of carbonyl (C=O) groups excluding carboxylic acids is 4. The van der Waals surface area contributed by atoms with Crippen molar-refractivity contribution in [3.05, 3.63) is 34.4 Å². The van der Waals surface area contributed by atoms with Gasteiger partial charge in [0.1, 0.15) is 0 Å². The zero-order valence-corrected chi connectivity index (χ0v) is 12.9. The molecule has 0 radical (unpaired) electrons. The number of fused-ring (bicyclic) bond motifs is 1. The number of benzene rings is 1. The summed E-state index contributed by atoms with van der Waals surface area (Å²) in [6.45, 7) is 4.43. The molecule has 0 aliphatic carbocycles. The van der Waals surface area contributed by atoms with Crippen LogP contribution in [0, 0.1) is 0 Å². The number of ketones is 3. The van der Waals surface area contributed by atoms with Crippen LogP contribution >= 0.6 is 0 Å². The number of halogens is 1. The van der Waals surface area contributed by atoms with Crippen molar-refractivity contribution in [3.63, 3.8) is 0 Å². The minimum absolute atomic E-state index is 0.0431. The maximum absolute atomic E-state index is 12.1. The summed E-state index contributed by atoms with van der Waals surface area (Å²) in [5.74, 6) is -0.647. The molecule has 1 heterocycles. The van der Waals surface area contributed by atoms with Crippen LogP contribution in [0.2, 0.25) is 0 Å². The van der Waals surface area contributed by atoms with Crippen molar-refractivity contribution < 1.29 is 40.4 Å². The van der Waals surface area contributed by atoms with Gasteiger partial charge in [-0.25, -0.2) is 0 Å². The van der Waals surface area contributed by atoms with Crippen molar-refractivity contribution in [2.45, 2.75) is 24.7 Å². The van der Waals surface area contributed by atoms with E-state index in [1.54, 1.807) is 6.92 Å². The summed E-state index contributed by atoms with van der Waals surface area (Å²) in [7, 11) is 0. The van der Waals surface area contributed by atoms with Crippen LogP contribution in [0.4, 0.5) is 0 Å². The molecule has 0 fully saturated rings. The predicted molar refractivity (Wildman–Crippen MR) is 64.6 cm³/mol. The van der Waals surface area contributed by atoms with Crippen molar-refractivity contribution in [1.29, 1.82) is 0 Å². The second-order valence-corrected chi connectivity index (χ2v) is 7.89. The summed E-state index contributed by atoms with van der Waals surface area (Å²) in [5, 5.41) is 0. The van der Waals surface area contributed by atoms with Gasteiger partial charge in [-0.3, -0.25) is 0 Å². The zero-order chi connectivity index (χ0) is 14.3. The van der Waals surface area contributed by atoms with E-state index in [1.807, 2.05) is 0 Å². The second-order valence-electron chi connectivity index (χ2n) is 4.42. The van der Waals surface area contributed by atoms with Gasteiger partial charge in [0, 0.05) is 0 Å². The number of alkyl halides is 1. The molecule has 1 aliphatic rings. The SMILES string of the molecule is CC(=O)c1cc2c(cc1C(C)=O)C(=O)[C@@H](C)[I-]C2=O. The number of carbonyl (C=O) groups is 4. The van der Waals surface area contributed by atoms with Crippen molar-refractivity contribution in [2.24, 2.45) is 0 Å². The van der Waals surface area contributed by atoms with E-state index in [0.717, 1.165) is 0 Å². The van der Waals surface area contributed by atoms with E-state index in [9.17, 15) is 19.2 Å². The van der Waals surface area contributed by atoms with E-state index in [-0.39, 0.29) is 36.2 Å². The Morgan fingerprint density at radius 1 is 1.00 bits per heavy atom. The molecule has 0 saturated heterocycles. The molecular weight excluding hydrogens is 359 g/mol. The third kappa shape index (κ3) is 2.39. The van der Waals surface area contributed by atoms with E-state index < -0.39 is 21.2 Å². The summed E-state index contributed by atoms with van der Waals surface area (Å²) >= 11 is -0.883. The van der Waals surface area contributed by atoms with E-state index in [2.05, 4.69) is 0 Å². The third-order valence-corrected chi connectivity index (χ3v) is 5.66. The number of Topliss-reactive ketones (excluding diaryl/α,β-unsaturated/α-hetero) is 3. The fourth-order valence-corrected chi connectivity index (χ4v) is 4.27. The average Bonchev–Trinajstić information content (AvgIpc) is 2.34. The first kappa shape index (κ1) is 14.0. The van der Waals surface area contributed by atoms with Gasteiger partial charge in [-0.2, -0.15) is 0 Å². The van der Waals surface area contributed by atoms with Gasteiger partial charge in [-0.15, -0.1) is 0 Å². The van der Waals surface area contributed by atoms with Gasteiger partial charge in [0.2, 0.25) is 0 Å². The Balaban J connectivity index is 2.75. The van der Waals surface area contributed by atoms with Gasteiger partial charge in [-0.1, -0.05) is 0 Å². The molecule has 5 heteroatoms. The third-order valence-electron chi connectivity index (χ3n) is 3.02. The fourth-order valence-electron chi connectivity index (χ4n) is 2.02. The number of hydrogen-bond donors (Lipinski definition) is 0. The van der Waals surface area contributed by atoms with Gasteiger partial charge in [0.15, 0.2) is 0 Å². The van der Waals surface area contributed by atoms with Crippen LogP contribution in [-0.4, -0.2) is 25.1 Å². The summed E-state index contributed by atoms with van der Waals surface area (Å²) in [6, 6.07) is 2.83. The Hall–Kier alpha value is -1.37. The van der Waals surface area contributed by atoms with Crippen LogP contribution in [0.5, 0.6) is 0 Å². The van der Waals surface area contributed by atoms with Crippen LogP contribution < -0.4 is 21.2 Å². The quantitative estimate of drug-likeness (QED) is 0.287. The summed E-state index contributed by atoms with van der Waals surface area (Å²) in [4.78, 5) is 47.2. The van der Waals surface area contributed by atoms with Crippen molar-refractivity contribution >= 4 is 21.1 Å². The predicted octanol–water partition coefficient (Wildman–Crippen LogP) is -1.09. The van der Waals surface area contributed by atoms with E-state index in [4.69, 9.17) is 0 Å². The molecule has 0 bridgehead atoms. The molecule has 0 unspecified atom stereocenters. The van der Waals surface area contributed by atoms with Crippen molar-refractivity contribution in [2.75, 3.05) is 0 Å². The van der Waals surface area contributed by atoms with Crippen LogP contribution in [0.15, 0.2) is 12.1 Å². The van der Waals surface area contributed by atoms with Crippen LogP contribution in [0.1, 0.15) is 62.2 Å². The van der Waals surface area contributed by atoms with Gasteiger partial charge >= 0.3 is 121 Å². The Kier molecular flexibility index (Phi) is 3.66. The zero-order valence-electron chi connectivity index (χ0n) is 10.7. The molecule has 1 atom stereocenters. The number of rotatable bonds is 2. The second kappa shape index (κ2) is 4.96. The van der Waals surface area contributed by atoms with Crippen LogP contribution in [0.3, 0.4) is 0 Å². The molecule has 1 aromatic carbocycles. The molecule has 0 spiro atoms. The van der Waals surface area contributed by atoms with Crippen LogP contribution in [0.25, 0.3) is 0 Å². The molecule has 0 amide bonds. The number of hydrogen-bond acceptors (Lipinski definition) is 4. The Labute approximate surface area is 120 Å². The topological polar surface area (TPSA) is 68.3 Å². The Bertz CT molecular complexity index is 631. The molecule has 0 N–H and O–H groups in total. The van der Waals surface area contributed by atoms with Crippen molar-refractivity contribution in [3.8, 4) is 0 Å². The van der Waals surface area contributed by atoms with E-state index in [0.29, 0.717) is 11.1 Å². The van der Waals surface area contributed by atoms with Gasteiger partial charge in [-0.05, 0) is 0 Å². The molecule has 100 valence electrons. The summed E-state index contributed by atoms with van der Waals surface area (Å²) < 4.78 is -0.305. The fraction of sp³-hybridized carbons (Fsp3) is 0.286. The summed E-state index contributed by atoms with van der Waals surface area (Å²) in [6.07, 6.45) is 0. The minimum atomic E-state index is -0.883. The maximum atomic E-state index is 12.1. The first-order valence-corrected chi connectivity index (χ1v) is 8.07. The first-order valence-electron chi connectivity index (χ1n) is 5.74. The van der Waals surface area contributed by atoms with E-state index in [1.165, 1.54) is 26.0 Å². The first-order chi connectivity index (χ1) is 8.82. The Morgan fingerprint density at radius 3 is 1.95 bits per heavy atom. The molecule has 0 saturated carbocycles. The van der Waals surface area contributed by atoms with Gasteiger partial charge < -0.3 is 0 Å². The Morgan fingerprint density at radius 2 is 1.47 bits per heavy atom. The van der Waals surface area contributed by atoms with Crippen molar-refractivity contribution in [1.82, 2.24) is 0 Å². The molecule has 4 nitrogen and oxygen atoms in total. The van der Waals surface area contributed by atoms with Gasteiger partial charge in [0.25, 0.3) is 0 Å². The van der Waals surface area contributed by atoms with Gasteiger partial charge in [0.05, 0.1) is 0 Å². The van der Waals surface area contributed by atoms with Crippen LogP contribution in [-0.2, 0) is 0 Å². The normalized spacial score (nSPS) is 18.6. The molecule has 2 rings (SSSR count). The molecular formula is C14H12IO4-. The average molecular weight is 371 g/mol. The molecule has 1 aromatic rings.